The second-order valence-electron chi connectivity index (χ2n) is 8.71. The molecular weight excluding hydrogens is 576 g/mol. The molecule has 1 amide bonds. The van der Waals surface area contributed by atoms with E-state index in [0.717, 1.165) is 14.0 Å². The van der Waals surface area contributed by atoms with Crippen LogP contribution in [-0.4, -0.2) is 57.1 Å². The molecule has 1 aromatic heterocycles. The van der Waals surface area contributed by atoms with Crippen LogP contribution in [0.15, 0.2) is 76.7 Å². The molecule has 13 heteroatoms. The number of hydrazone groups is 1. The largest absolute Gasteiger partial charge is 0.497 e. The molecule has 42 heavy (non-hydrogen) atoms. The molecule has 4 aromatic rings. The molecule has 0 spiro atoms. The van der Waals surface area contributed by atoms with E-state index in [9.17, 15) is 13.2 Å². The average molecular weight is 603 g/mol. The summed E-state index contributed by atoms with van der Waals surface area (Å²) < 4.78 is 38.8. The number of sulfonamides is 1. The molecule has 0 bridgehead atoms. The molecule has 3 aromatic carbocycles. The monoisotopic (exact) mass is 602 g/mol. The molecule has 4 rings (SSSR count). The molecule has 214 valence electrons. The summed E-state index contributed by atoms with van der Waals surface area (Å²) in [5.41, 5.74) is 1.55. The van der Waals surface area contributed by atoms with Crippen LogP contribution in [-0.2, 0) is 10.0 Å². The number of benzene rings is 3. The van der Waals surface area contributed by atoms with Gasteiger partial charge in [-0.1, -0.05) is 11.3 Å². The van der Waals surface area contributed by atoms with Gasteiger partial charge in [0.15, 0.2) is 0 Å². The molecule has 0 aliphatic carbocycles. The van der Waals surface area contributed by atoms with Gasteiger partial charge in [-0.2, -0.15) is 24.9 Å². The van der Waals surface area contributed by atoms with E-state index in [2.05, 4.69) is 10.1 Å². The quantitative estimate of drug-likeness (QED) is 0.166. The number of hydrogen-bond donors (Lipinski definition) is 0. The van der Waals surface area contributed by atoms with E-state index in [0.29, 0.717) is 27.7 Å². The van der Waals surface area contributed by atoms with E-state index in [4.69, 9.17) is 20.0 Å². The van der Waals surface area contributed by atoms with Crippen molar-refractivity contribution in [1.82, 2.24) is 9.29 Å². The molecule has 0 saturated carbocycles. The van der Waals surface area contributed by atoms with Gasteiger partial charge in [0.2, 0.25) is 15.2 Å². The van der Waals surface area contributed by atoms with E-state index in [1.54, 1.807) is 50.6 Å². The summed E-state index contributed by atoms with van der Waals surface area (Å²) in [5, 5.41) is 23.8. The Morgan fingerprint density at radius 2 is 1.57 bits per heavy atom. The highest BCUT2D eigenvalue weighted by atomic mass is 32.2. The Hall–Kier alpha value is -4.82. The van der Waals surface area contributed by atoms with Gasteiger partial charge < -0.3 is 9.47 Å². The van der Waals surface area contributed by atoms with Gasteiger partial charge in [0.1, 0.15) is 11.5 Å². The molecule has 0 unspecified atom stereocenters. The first-order chi connectivity index (χ1) is 20.3. The number of carbonyl (C=O) groups is 1. The van der Waals surface area contributed by atoms with Crippen LogP contribution in [0.2, 0.25) is 0 Å². The van der Waals surface area contributed by atoms with Crippen LogP contribution in [0.4, 0.5) is 5.13 Å². The molecule has 0 aliphatic rings. The standard InChI is InChI=1S/C29H26N6O5S2/c1-39-23-9-5-21(6-10-23)20-32-35(29-33-26-14-11-24(40-2)19-27(26)41-29)28(36)22-7-12-25(13-8-22)42(37,38)34(17-3-15-30)18-4-16-31/h5-14,19-20H,3-4,17-18H2,1-2H3/b32-20+. The molecule has 0 aliphatic heterocycles. The summed E-state index contributed by atoms with van der Waals surface area (Å²) in [5.74, 6) is 0.794. The summed E-state index contributed by atoms with van der Waals surface area (Å²) >= 11 is 1.25. The van der Waals surface area contributed by atoms with E-state index < -0.39 is 15.9 Å². The highest BCUT2D eigenvalue weighted by Crippen LogP contribution is 2.32. The van der Waals surface area contributed by atoms with E-state index in [1.807, 2.05) is 18.2 Å². The van der Waals surface area contributed by atoms with Gasteiger partial charge >= 0.3 is 0 Å². The topological polar surface area (TPSA) is 149 Å². The maximum atomic E-state index is 13.7. The average Bonchev–Trinajstić information content (AvgIpc) is 3.44. The zero-order chi connectivity index (χ0) is 30.1. The highest BCUT2D eigenvalue weighted by molar-refractivity contribution is 7.89. The van der Waals surface area contributed by atoms with Crippen LogP contribution in [0.25, 0.3) is 10.2 Å². The first-order valence-electron chi connectivity index (χ1n) is 12.6. The normalized spacial score (nSPS) is 11.4. The Morgan fingerprint density at radius 1 is 0.952 bits per heavy atom. The lowest BCUT2D eigenvalue weighted by Gasteiger charge is -2.20. The van der Waals surface area contributed by atoms with Crippen molar-refractivity contribution in [2.24, 2.45) is 5.10 Å². The Bertz CT molecular complexity index is 1750. The molecule has 0 atom stereocenters. The fourth-order valence-electron chi connectivity index (χ4n) is 3.86. The number of methoxy groups -OCH3 is 2. The SMILES string of the molecule is COc1ccc(/C=N/N(C(=O)c2ccc(S(=O)(=O)N(CCC#N)CCC#N)cc2)c2nc3ccc(OC)cc3s2)cc1. The maximum Gasteiger partial charge on any atom is 0.280 e. The minimum absolute atomic E-state index is 0.0174. The van der Waals surface area contributed by atoms with Gasteiger partial charge in [-0.05, 0) is 72.3 Å². The number of carbonyl (C=O) groups excluding carboxylic acids is 1. The zero-order valence-corrected chi connectivity index (χ0v) is 24.4. The predicted octanol–water partition coefficient (Wildman–Crippen LogP) is 4.81. The molecule has 0 radical (unpaired) electrons. The Morgan fingerprint density at radius 3 is 2.17 bits per heavy atom. The maximum absolute atomic E-state index is 13.7. The Balaban J connectivity index is 1.68. The molecule has 11 nitrogen and oxygen atoms in total. The minimum Gasteiger partial charge on any atom is -0.497 e. The van der Waals surface area contributed by atoms with Crippen molar-refractivity contribution < 1.29 is 22.7 Å². The Labute approximate surface area is 247 Å². The lowest BCUT2D eigenvalue weighted by atomic mass is 10.2. The number of ether oxygens (including phenoxy) is 2. The Kier molecular flexibility index (Phi) is 9.83. The minimum atomic E-state index is -3.99. The number of fused-ring (bicyclic) bond motifs is 1. The van der Waals surface area contributed by atoms with Crippen LogP contribution in [0.3, 0.4) is 0 Å². The number of nitriles is 2. The lowest BCUT2D eigenvalue weighted by molar-refractivity contribution is 0.0987. The fraction of sp³-hybridized carbons (Fsp3) is 0.207. The fourth-order valence-corrected chi connectivity index (χ4v) is 6.25. The third kappa shape index (κ3) is 6.90. The number of nitrogens with zero attached hydrogens (tertiary/aromatic N) is 6. The number of amides is 1. The molecule has 0 N–H and O–H groups in total. The predicted molar refractivity (Wildman–Crippen MR) is 159 cm³/mol. The number of anilines is 1. The van der Waals surface area contributed by atoms with Crippen molar-refractivity contribution in [3.8, 4) is 23.6 Å². The van der Waals surface area contributed by atoms with Crippen molar-refractivity contribution >= 4 is 48.8 Å². The van der Waals surface area contributed by atoms with Crippen molar-refractivity contribution in [2.45, 2.75) is 17.7 Å². The first-order valence-corrected chi connectivity index (χ1v) is 14.9. The summed E-state index contributed by atoms with van der Waals surface area (Å²) in [4.78, 5) is 18.3. The van der Waals surface area contributed by atoms with E-state index >= 15 is 0 Å². The number of aromatic nitrogens is 1. The summed E-state index contributed by atoms with van der Waals surface area (Å²) in [7, 11) is -0.861. The highest BCUT2D eigenvalue weighted by Gasteiger charge is 2.26. The van der Waals surface area contributed by atoms with E-state index in [-0.39, 0.29) is 36.4 Å². The van der Waals surface area contributed by atoms with Crippen molar-refractivity contribution in [3.05, 3.63) is 77.9 Å². The lowest BCUT2D eigenvalue weighted by Crippen LogP contribution is -2.33. The second kappa shape index (κ2) is 13.7. The summed E-state index contributed by atoms with van der Waals surface area (Å²) in [6.45, 7) is -0.0884. The van der Waals surface area contributed by atoms with Crippen LogP contribution < -0.4 is 14.5 Å². The molecule has 0 saturated heterocycles. The number of hydrogen-bond acceptors (Lipinski definition) is 10. The van der Waals surface area contributed by atoms with Gasteiger partial charge in [-0.3, -0.25) is 4.79 Å². The number of thiazole rings is 1. The van der Waals surface area contributed by atoms with Crippen LogP contribution in [0.5, 0.6) is 11.5 Å². The molecule has 0 fully saturated rings. The summed E-state index contributed by atoms with van der Waals surface area (Å²) in [6, 6.07) is 21.8. The van der Waals surface area contributed by atoms with Gasteiger partial charge in [0, 0.05) is 31.5 Å². The van der Waals surface area contributed by atoms with Crippen LogP contribution >= 0.6 is 11.3 Å². The zero-order valence-electron chi connectivity index (χ0n) is 22.8. The molecular formula is C29H26N6O5S2. The summed E-state index contributed by atoms with van der Waals surface area (Å²) in [6.07, 6.45) is 1.48. The van der Waals surface area contributed by atoms with Crippen molar-refractivity contribution in [2.75, 3.05) is 32.3 Å². The van der Waals surface area contributed by atoms with Gasteiger partial charge in [0.05, 0.1) is 47.7 Å². The molecule has 1 heterocycles. The van der Waals surface area contributed by atoms with Crippen LogP contribution in [0.1, 0.15) is 28.8 Å². The number of rotatable bonds is 12. The van der Waals surface area contributed by atoms with Crippen molar-refractivity contribution in [3.63, 3.8) is 0 Å². The van der Waals surface area contributed by atoms with Gasteiger partial charge in [-0.25, -0.2) is 13.4 Å². The first kappa shape index (κ1) is 30.1. The smallest absolute Gasteiger partial charge is 0.280 e. The third-order valence-electron chi connectivity index (χ3n) is 6.08. The third-order valence-corrected chi connectivity index (χ3v) is 8.99. The van der Waals surface area contributed by atoms with E-state index in [1.165, 1.54) is 41.8 Å². The van der Waals surface area contributed by atoms with Gasteiger partial charge in [0.25, 0.3) is 5.91 Å². The van der Waals surface area contributed by atoms with Gasteiger partial charge in [-0.15, -0.1) is 0 Å². The van der Waals surface area contributed by atoms with Crippen molar-refractivity contribution in [1.29, 1.82) is 10.5 Å². The second-order valence-corrected chi connectivity index (χ2v) is 11.7. The van der Waals surface area contributed by atoms with Crippen LogP contribution in [0, 0.1) is 22.7 Å².